The summed E-state index contributed by atoms with van der Waals surface area (Å²) in [6, 6.07) is 7.93. The fourth-order valence-electron chi connectivity index (χ4n) is 2.22. The molecule has 5 heteroatoms. The third-order valence-electron chi connectivity index (χ3n) is 3.24. The molecule has 4 nitrogen and oxygen atoms in total. The third-order valence-corrected chi connectivity index (χ3v) is 4.18. The molecular formula is C16H17N3OS. The van der Waals surface area contributed by atoms with E-state index in [1.165, 1.54) is 5.56 Å². The average molecular weight is 299 g/mol. The van der Waals surface area contributed by atoms with Crippen molar-refractivity contribution in [2.45, 2.75) is 19.8 Å². The number of ether oxygens (including phenoxy) is 1. The Labute approximate surface area is 127 Å². The number of thiazole rings is 1. The zero-order chi connectivity index (χ0) is 14.7. The lowest BCUT2D eigenvalue weighted by molar-refractivity contribution is 0.313. The Kier molecular flexibility index (Phi) is 4.01. The van der Waals surface area contributed by atoms with Crippen LogP contribution in [0.3, 0.4) is 0 Å². The van der Waals surface area contributed by atoms with Crippen molar-refractivity contribution in [1.82, 2.24) is 9.97 Å². The lowest BCUT2D eigenvalue weighted by Gasteiger charge is -2.08. The second-order valence-corrected chi connectivity index (χ2v) is 6.13. The van der Waals surface area contributed by atoms with Crippen LogP contribution in [0.25, 0.3) is 10.2 Å². The molecular weight excluding hydrogens is 282 g/mol. The summed E-state index contributed by atoms with van der Waals surface area (Å²) >= 11 is 1.65. The molecule has 21 heavy (non-hydrogen) atoms. The second kappa shape index (κ2) is 6.10. The van der Waals surface area contributed by atoms with E-state index in [-0.39, 0.29) is 0 Å². The zero-order valence-corrected chi connectivity index (χ0v) is 12.7. The van der Waals surface area contributed by atoms with E-state index in [0.29, 0.717) is 12.3 Å². The van der Waals surface area contributed by atoms with Crippen LogP contribution in [0, 0.1) is 6.92 Å². The highest BCUT2D eigenvalue weighted by atomic mass is 32.1. The Balaban J connectivity index is 1.61. The minimum absolute atomic E-state index is 0.640. The SMILES string of the molecule is Cc1nc2cc(OCCCc3ccncc3)c(N)cc2s1. The highest BCUT2D eigenvalue weighted by molar-refractivity contribution is 7.18. The molecule has 2 heterocycles. The number of benzene rings is 1. The maximum atomic E-state index is 6.03. The van der Waals surface area contributed by atoms with Crippen molar-refractivity contribution >= 4 is 27.2 Å². The summed E-state index contributed by atoms with van der Waals surface area (Å²) in [5, 5.41) is 1.04. The molecule has 0 amide bonds. The summed E-state index contributed by atoms with van der Waals surface area (Å²) in [4.78, 5) is 8.48. The van der Waals surface area contributed by atoms with Crippen molar-refractivity contribution in [3.8, 4) is 5.75 Å². The molecule has 3 rings (SSSR count). The van der Waals surface area contributed by atoms with Crippen LogP contribution in [0.4, 0.5) is 5.69 Å². The number of hydrogen-bond acceptors (Lipinski definition) is 5. The fraction of sp³-hybridized carbons (Fsp3) is 0.250. The standard InChI is InChI=1S/C16H17N3OS/c1-11-19-14-10-15(13(17)9-16(14)21-11)20-8-2-3-12-4-6-18-7-5-12/h4-7,9-10H,2-3,8,17H2,1H3. The number of nitrogens with two attached hydrogens (primary N) is 1. The van der Waals surface area contributed by atoms with E-state index >= 15 is 0 Å². The molecule has 108 valence electrons. The Bertz CT molecular complexity index is 740. The summed E-state index contributed by atoms with van der Waals surface area (Å²) in [6.07, 6.45) is 5.54. The van der Waals surface area contributed by atoms with Gasteiger partial charge in [0, 0.05) is 18.5 Å². The molecule has 0 aliphatic heterocycles. The average Bonchev–Trinajstić information content (AvgIpc) is 2.83. The van der Waals surface area contributed by atoms with Gasteiger partial charge in [-0.05, 0) is 43.5 Å². The quantitative estimate of drug-likeness (QED) is 0.577. The summed E-state index contributed by atoms with van der Waals surface area (Å²) in [5.74, 6) is 0.725. The van der Waals surface area contributed by atoms with Gasteiger partial charge in [0.15, 0.2) is 0 Å². The Morgan fingerprint density at radius 2 is 2.05 bits per heavy atom. The number of pyridine rings is 1. The van der Waals surface area contributed by atoms with Crippen LogP contribution in [-0.2, 0) is 6.42 Å². The molecule has 3 aromatic rings. The summed E-state index contributed by atoms with van der Waals surface area (Å²) in [6.45, 7) is 2.64. The first-order valence-corrected chi connectivity index (χ1v) is 7.72. The van der Waals surface area contributed by atoms with Gasteiger partial charge in [-0.15, -0.1) is 11.3 Å². The summed E-state index contributed by atoms with van der Waals surface area (Å²) in [5.41, 5.74) is 8.94. The van der Waals surface area contributed by atoms with Gasteiger partial charge in [-0.25, -0.2) is 4.98 Å². The monoisotopic (exact) mass is 299 g/mol. The van der Waals surface area contributed by atoms with E-state index in [1.54, 1.807) is 11.3 Å². The van der Waals surface area contributed by atoms with Crippen molar-refractivity contribution in [2.75, 3.05) is 12.3 Å². The molecule has 0 radical (unpaired) electrons. The van der Waals surface area contributed by atoms with Gasteiger partial charge in [-0.1, -0.05) is 0 Å². The second-order valence-electron chi connectivity index (χ2n) is 4.90. The van der Waals surface area contributed by atoms with E-state index in [0.717, 1.165) is 33.8 Å². The van der Waals surface area contributed by atoms with E-state index in [1.807, 2.05) is 43.6 Å². The van der Waals surface area contributed by atoms with Gasteiger partial charge in [-0.3, -0.25) is 4.98 Å². The molecule has 0 atom stereocenters. The van der Waals surface area contributed by atoms with Crippen LogP contribution >= 0.6 is 11.3 Å². The number of fused-ring (bicyclic) bond motifs is 1. The number of anilines is 1. The lowest BCUT2D eigenvalue weighted by atomic mass is 10.1. The van der Waals surface area contributed by atoms with Crippen LogP contribution < -0.4 is 10.5 Å². The lowest BCUT2D eigenvalue weighted by Crippen LogP contribution is -2.02. The highest BCUT2D eigenvalue weighted by Gasteiger charge is 2.07. The molecule has 1 aromatic carbocycles. The van der Waals surface area contributed by atoms with Crippen molar-refractivity contribution in [1.29, 1.82) is 0 Å². The maximum absolute atomic E-state index is 6.03. The molecule has 0 saturated heterocycles. The van der Waals surface area contributed by atoms with Crippen molar-refractivity contribution in [3.63, 3.8) is 0 Å². The molecule has 2 N–H and O–H groups in total. The van der Waals surface area contributed by atoms with E-state index in [4.69, 9.17) is 10.5 Å². The molecule has 0 aliphatic carbocycles. The number of nitrogens with zero attached hydrogens (tertiary/aromatic N) is 2. The Morgan fingerprint density at radius 3 is 2.86 bits per heavy atom. The van der Waals surface area contributed by atoms with Gasteiger partial charge < -0.3 is 10.5 Å². The Hall–Kier alpha value is -2.14. The number of nitrogen functional groups attached to an aromatic ring is 1. The summed E-state index contributed by atoms with van der Waals surface area (Å²) in [7, 11) is 0. The van der Waals surface area contributed by atoms with Gasteiger partial charge in [0.05, 0.1) is 27.5 Å². The molecule has 0 unspecified atom stereocenters. The molecule has 2 aromatic heterocycles. The smallest absolute Gasteiger partial charge is 0.144 e. The summed E-state index contributed by atoms with van der Waals surface area (Å²) < 4.78 is 6.91. The number of aryl methyl sites for hydroxylation is 2. The van der Waals surface area contributed by atoms with Gasteiger partial charge in [0.2, 0.25) is 0 Å². The minimum Gasteiger partial charge on any atom is -0.491 e. The third kappa shape index (κ3) is 3.31. The topological polar surface area (TPSA) is 61.0 Å². The Morgan fingerprint density at radius 1 is 1.24 bits per heavy atom. The number of hydrogen-bond donors (Lipinski definition) is 1. The normalized spacial score (nSPS) is 10.9. The van der Waals surface area contributed by atoms with Crippen LogP contribution in [0.1, 0.15) is 17.0 Å². The van der Waals surface area contributed by atoms with Gasteiger partial charge >= 0.3 is 0 Å². The van der Waals surface area contributed by atoms with Crippen molar-refractivity contribution < 1.29 is 4.74 Å². The van der Waals surface area contributed by atoms with Crippen LogP contribution in [0.5, 0.6) is 5.75 Å². The molecule has 0 bridgehead atoms. The van der Waals surface area contributed by atoms with E-state index in [2.05, 4.69) is 9.97 Å². The van der Waals surface area contributed by atoms with Gasteiger partial charge in [0.25, 0.3) is 0 Å². The van der Waals surface area contributed by atoms with Crippen LogP contribution in [0.2, 0.25) is 0 Å². The highest BCUT2D eigenvalue weighted by Crippen LogP contribution is 2.31. The molecule has 0 spiro atoms. The van der Waals surface area contributed by atoms with Gasteiger partial charge in [0.1, 0.15) is 5.75 Å². The fourth-order valence-corrected chi connectivity index (χ4v) is 3.08. The zero-order valence-electron chi connectivity index (χ0n) is 11.9. The first kappa shape index (κ1) is 13.8. The van der Waals surface area contributed by atoms with E-state index < -0.39 is 0 Å². The van der Waals surface area contributed by atoms with Crippen molar-refractivity contribution in [3.05, 3.63) is 47.2 Å². The van der Waals surface area contributed by atoms with Gasteiger partial charge in [-0.2, -0.15) is 0 Å². The predicted molar refractivity (Wildman–Crippen MR) is 86.8 cm³/mol. The van der Waals surface area contributed by atoms with Crippen molar-refractivity contribution in [2.24, 2.45) is 0 Å². The predicted octanol–water partition coefficient (Wildman–Crippen LogP) is 3.59. The molecule has 0 fully saturated rings. The minimum atomic E-state index is 0.640. The molecule has 0 saturated carbocycles. The largest absolute Gasteiger partial charge is 0.491 e. The first-order chi connectivity index (χ1) is 10.2. The first-order valence-electron chi connectivity index (χ1n) is 6.91. The maximum Gasteiger partial charge on any atom is 0.144 e. The number of aromatic nitrogens is 2. The molecule has 0 aliphatic rings. The van der Waals surface area contributed by atoms with Crippen LogP contribution in [-0.4, -0.2) is 16.6 Å². The number of rotatable bonds is 5. The van der Waals surface area contributed by atoms with Crippen LogP contribution in [0.15, 0.2) is 36.7 Å². The van der Waals surface area contributed by atoms with E-state index in [9.17, 15) is 0 Å².